The number of rotatable bonds is 3. The highest BCUT2D eigenvalue weighted by Crippen LogP contribution is 2.26. The summed E-state index contributed by atoms with van der Waals surface area (Å²) >= 11 is 0. The average molecular weight is 278 g/mol. The second kappa shape index (κ2) is 6.10. The molecule has 2 heterocycles. The molecule has 0 aromatic heterocycles. The minimum Gasteiger partial charge on any atom is -0.505 e. The second-order valence-electron chi connectivity index (χ2n) is 6.10. The van der Waals surface area contributed by atoms with Crippen molar-refractivity contribution in [2.75, 3.05) is 19.6 Å². The number of nitrogens with one attached hydrogen (secondary N) is 1. The van der Waals surface area contributed by atoms with Crippen LogP contribution in [0.4, 0.5) is 4.39 Å². The third kappa shape index (κ3) is 3.13. The predicted octanol–water partition coefficient (Wildman–Crippen LogP) is 2.50. The van der Waals surface area contributed by atoms with Gasteiger partial charge in [-0.15, -0.1) is 0 Å². The first-order valence-electron chi connectivity index (χ1n) is 7.65. The van der Waals surface area contributed by atoms with Crippen LogP contribution in [-0.2, 0) is 6.54 Å². The number of benzene rings is 1. The summed E-state index contributed by atoms with van der Waals surface area (Å²) in [5, 5.41) is 12.8. The fraction of sp³-hybridized carbons (Fsp3) is 0.625. The van der Waals surface area contributed by atoms with Crippen molar-refractivity contribution in [3.63, 3.8) is 0 Å². The molecule has 0 bridgehead atoms. The Morgan fingerprint density at radius 2 is 2.05 bits per heavy atom. The number of hydrogen-bond donors (Lipinski definition) is 2. The Bertz CT molecular complexity index is 452. The Morgan fingerprint density at radius 1 is 1.25 bits per heavy atom. The molecule has 20 heavy (non-hydrogen) atoms. The molecule has 4 heteroatoms. The van der Waals surface area contributed by atoms with Gasteiger partial charge in [0.15, 0.2) is 11.6 Å². The molecule has 0 radical (unpaired) electrons. The molecule has 1 unspecified atom stereocenters. The summed E-state index contributed by atoms with van der Waals surface area (Å²) in [6.45, 7) is 4.14. The largest absolute Gasteiger partial charge is 0.505 e. The fourth-order valence-electron chi connectivity index (χ4n) is 3.53. The van der Waals surface area contributed by atoms with Crippen LogP contribution in [0.1, 0.15) is 31.2 Å². The van der Waals surface area contributed by atoms with Gasteiger partial charge in [-0.1, -0.05) is 6.07 Å². The van der Waals surface area contributed by atoms with Crippen molar-refractivity contribution in [2.45, 2.75) is 38.3 Å². The van der Waals surface area contributed by atoms with E-state index in [-0.39, 0.29) is 5.75 Å². The highest BCUT2D eigenvalue weighted by Gasteiger charge is 2.28. The first-order valence-corrected chi connectivity index (χ1v) is 7.65. The van der Waals surface area contributed by atoms with Gasteiger partial charge < -0.3 is 10.4 Å². The van der Waals surface area contributed by atoms with Gasteiger partial charge in [0.1, 0.15) is 0 Å². The molecule has 110 valence electrons. The third-order valence-corrected chi connectivity index (χ3v) is 4.72. The van der Waals surface area contributed by atoms with Crippen LogP contribution in [0.15, 0.2) is 18.2 Å². The van der Waals surface area contributed by atoms with Crippen LogP contribution in [0.25, 0.3) is 0 Å². The van der Waals surface area contributed by atoms with Gasteiger partial charge in [0.05, 0.1) is 0 Å². The molecule has 0 amide bonds. The monoisotopic (exact) mass is 278 g/mol. The van der Waals surface area contributed by atoms with Gasteiger partial charge in [0, 0.05) is 12.6 Å². The fourth-order valence-corrected chi connectivity index (χ4v) is 3.53. The molecule has 1 atom stereocenters. The first kappa shape index (κ1) is 13.8. The zero-order chi connectivity index (χ0) is 13.9. The van der Waals surface area contributed by atoms with E-state index in [2.05, 4.69) is 10.2 Å². The molecule has 0 spiro atoms. The zero-order valence-electron chi connectivity index (χ0n) is 11.8. The molecule has 2 N–H and O–H groups in total. The van der Waals surface area contributed by atoms with E-state index in [9.17, 15) is 9.50 Å². The van der Waals surface area contributed by atoms with Gasteiger partial charge in [-0.05, 0) is 68.9 Å². The van der Waals surface area contributed by atoms with Crippen molar-refractivity contribution in [3.8, 4) is 5.75 Å². The molecule has 2 saturated heterocycles. The molecule has 1 aromatic carbocycles. The minimum atomic E-state index is -0.521. The van der Waals surface area contributed by atoms with Crippen LogP contribution in [0.5, 0.6) is 5.75 Å². The Morgan fingerprint density at radius 3 is 2.70 bits per heavy atom. The Labute approximate surface area is 119 Å². The molecule has 1 aromatic rings. The summed E-state index contributed by atoms with van der Waals surface area (Å²) in [6.07, 6.45) is 5.11. The second-order valence-corrected chi connectivity index (χ2v) is 6.10. The smallest absolute Gasteiger partial charge is 0.165 e. The van der Waals surface area contributed by atoms with Crippen LogP contribution in [0, 0.1) is 11.7 Å². The molecular weight excluding hydrogens is 255 g/mol. The highest BCUT2D eigenvalue weighted by atomic mass is 19.1. The normalized spacial score (nSPS) is 25.1. The topological polar surface area (TPSA) is 35.5 Å². The van der Waals surface area contributed by atoms with Gasteiger partial charge in [-0.25, -0.2) is 4.39 Å². The van der Waals surface area contributed by atoms with Crippen molar-refractivity contribution in [3.05, 3.63) is 29.6 Å². The summed E-state index contributed by atoms with van der Waals surface area (Å²) in [5.74, 6) is 0.0256. The summed E-state index contributed by atoms with van der Waals surface area (Å²) in [7, 11) is 0. The van der Waals surface area contributed by atoms with Crippen molar-refractivity contribution in [1.82, 2.24) is 10.2 Å². The standard InChI is InChI=1S/C16H23FN2O/c17-14-10-12(3-4-16(14)20)11-19-8-5-13(6-9-19)15-2-1-7-18-15/h3-4,10,13,15,18,20H,1-2,5-9,11H2. The summed E-state index contributed by atoms with van der Waals surface area (Å²) in [5.41, 5.74) is 0.942. The van der Waals surface area contributed by atoms with E-state index < -0.39 is 5.82 Å². The minimum absolute atomic E-state index is 0.264. The molecule has 0 saturated carbocycles. The summed E-state index contributed by atoms with van der Waals surface area (Å²) in [6, 6.07) is 5.42. The van der Waals surface area contributed by atoms with Crippen LogP contribution in [-0.4, -0.2) is 35.7 Å². The number of likely N-dealkylation sites (tertiary alicyclic amines) is 1. The average Bonchev–Trinajstić information content (AvgIpc) is 2.98. The van der Waals surface area contributed by atoms with E-state index in [1.807, 2.05) is 6.07 Å². The van der Waals surface area contributed by atoms with E-state index in [0.717, 1.165) is 37.2 Å². The predicted molar refractivity (Wildman–Crippen MR) is 77.1 cm³/mol. The van der Waals surface area contributed by atoms with Crippen LogP contribution >= 0.6 is 0 Å². The van der Waals surface area contributed by atoms with Crippen molar-refractivity contribution >= 4 is 0 Å². The molecule has 0 aliphatic carbocycles. The number of aromatic hydroxyl groups is 1. The van der Waals surface area contributed by atoms with E-state index in [1.165, 1.54) is 44.4 Å². The summed E-state index contributed by atoms with van der Waals surface area (Å²) in [4.78, 5) is 2.39. The number of hydrogen-bond acceptors (Lipinski definition) is 3. The van der Waals surface area contributed by atoms with E-state index in [1.54, 1.807) is 0 Å². The van der Waals surface area contributed by atoms with Crippen molar-refractivity contribution in [2.24, 2.45) is 5.92 Å². The quantitative estimate of drug-likeness (QED) is 0.891. The number of phenols is 1. The van der Waals surface area contributed by atoms with Gasteiger partial charge in [0.2, 0.25) is 0 Å². The van der Waals surface area contributed by atoms with Crippen molar-refractivity contribution in [1.29, 1.82) is 0 Å². The lowest BCUT2D eigenvalue weighted by Gasteiger charge is -2.34. The number of halogens is 1. The highest BCUT2D eigenvalue weighted by molar-refractivity contribution is 5.27. The lowest BCUT2D eigenvalue weighted by atomic mass is 9.88. The maximum atomic E-state index is 13.3. The SMILES string of the molecule is Oc1ccc(CN2CCC(C3CCCN3)CC2)cc1F. The molecular formula is C16H23FN2O. The maximum Gasteiger partial charge on any atom is 0.165 e. The van der Waals surface area contributed by atoms with Gasteiger partial charge in [-0.2, -0.15) is 0 Å². The molecule has 2 aliphatic heterocycles. The molecule has 3 rings (SSSR count). The van der Waals surface area contributed by atoms with Gasteiger partial charge in [0.25, 0.3) is 0 Å². The van der Waals surface area contributed by atoms with E-state index >= 15 is 0 Å². The van der Waals surface area contributed by atoms with Crippen molar-refractivity contribution < 1.29 is 9.50 Å². The first-order chi connectivity index (χ1) is 9.72. The van der Waals surface area contributed by atoms with Crippen LogP contribution < -0.4 is 5.32 Å². The zero-order valence-corrected chi connectivity index (χ0v) is 11.8. The Hall–Kier alpha value is -1.13. The maximum absolute atomic E-state index is 13.3. The van der Waals surface area contributed by atoms with Gasteiger partial charge in [-0.3, -0.25) is 4.90 Å². The molecule has 2 aliphatic rings. The van der Waals surface area contributed by atoms with Crippen LogP contribution in [0.2, 0.25) is 0 Å². The lowest BCUT2D eigenvalue weighted by molar-refractivity contribution is 0.157. The van der Waals surface area contributed by atoms with E-state index in [0.29, 0.717) is 0 Å². The molecule has 3 nitrogen and oxygen atoms in total. The lowest BCUT2D eigenvalue weighted by Crippen LogP contribution is -2.40. The van der Waals surface area contributed by atoms with Gasteiger partial charge >= 0.3 is 0 Å². The Balaban J connectivity index is 1.51. The number of nitrogens with zero attached hydrogens (tertiary/aromatic N) is 1. The number of piperidine rings is 1. The summed E-state index contributed by atoms with van der Waals surface area (Å²) < 4.78 is 13.3. The third-order valence-electron chi connectivity index (χ3n) is 4.72. The molecule has 2 fully saturated rings. The number of phenolic OH excluding ortho intramolecular Hbond substituents is 1. The Kier molecular flexibility index (Phi) is 4.22. The van der Waals surface area contributed by atoms with E-state index in [4.69, 9.17) is 0 Å². The van der Waals surface area contributed by atoms with Crippen LogP contribution in [0.3, 0.4) is 0 Å².